The molecular formula is C8H13NO3. The molecule has 0 spiro atoms. The molecule has 4 nitrogen and oxygen atoms in total. The number of ketones is 1. The molecule has 1 heterocycles. The second-order valence-electron chi connectivity index (χ2n) is 2.95. The Morgan fingerprint density at radius 2 is 2.33 bits per heavy atom. The quantitative estimate of drug-likeness (QED) is 0.685. The summed E-state index contributed by atoms with van der Waals surface area (Å²) >= 11 is 0. The van der Waals surface area contributed by atoms with Crippen LogP contribution >= 0.6 is 0 Å². The summed E-state index contributed by atoms with van der Waals surface area (Å²) in [6, 6.07) is -0.433. The molecule has 2 atom stereocenters. The van der Waals surface area contributed by atoms with E-state index in [2.05, 4.69) is 5.32 Å². The van der Waals surface area contributed by atoms with Crippen LogP contribution in [0, 0.1) is 0 Å². The Morgan fingerprint density at radius 3 is 2.75 bits per heavy atom. The van der Waals surface area contributed by atoms with Crippen molar-refractivity contribution in [2.24, 2.45) is 0 Å². The van der Waals surface area contributed by atoms with Gasteiger partial charge in [-0.3, -0.25) is 4.79 Å². The van der Waals surface area contributed by atoms with Gasteiger partial charge in [-0.2, -0.15) is 0 Å². The number of Topliss-reactive ketones (excluding diaryl/α,β-unsaturated/α-hetero) is 1. The SMILES string of the molecule is CCCC(=O)C1NC(=O)OC1C. The van der Waals surface area contributed by atoms with Crippen molar-refractivity contribution in [2.75, 3.05) is 0 Å². The standard InChI is InChI=1S/C8H13NO3/c1-3-4-6(10)7-5(2)12-8(11)9-7/h5,7H,3-4H2,1-2H3,(H,9,11). The highest BCUT2D eigenvalue weighted by molar-refractivity contribution is 5.90. The topological polar surface area (TPSA) is 55.4 Å². The van der Waals surface area contributed by atoms with Gasteiger partial charge in [-0.1, -0.05) is 6.92 Å². The van der Waals surface area contributed by atoms with E-state index in [4.69, 9.17) is 4.74 Å². The molecule has 1 amide bonds. The minimum Gasteiger partial charge on any atom is -0.444 e. The molecule has 0 aromatic rings. The van der Waals surface area contributed by atoms with E-state index in [1.54, 1.807) is 6.92 Å². The third kappa shape index (κ3) is 1.75. The maximum Gasteiger partial charge on any atom is 0.408 e. The predicted octanol–water partition coefficient (Wildman–Crippen LogP) is 0.853. The van der Waals surface area contributed by atoms with E-state index in [1.807, 2.05) is 6.92 Å². The van der Waals surface area contributed by atoms with Gasteiger partial charge in [0, 0.05) is 6.42 Å². The van der Waals surface area contributed by atoms with Crippen LogP contribution in [0.3, 0.4) is 0 Å². The average molecular weight is 171 g/mol. The Morgan fingerprint density at radius 1 is 1.67 bits per heavy atom. The van der Waals surface area contributed by atoms with E-state index < -0.39 is 12.1 Å². The summed E-state index contributed by atoms with van der Waals surface area (Å²) in [7, 11) is 0. The number of amides is 1. The van der Waals surface area contributed by atoms with Crippen LogP contribution in [0.1, 0.15) is 26.7 Å². The van der Waals surface area contributed by atoms with Crippen molar-refractivity contribution in [1.82, 2.24) is 5.32 Å². The van der Waals surface area contributed by atoms with E-state index >= 15 is 0 Å². The third-order valence-corrected chi connectivity index (χ3v) is 1.88. The number of carbonyl (C=O) groups excluding carboxylic acids is 2. The summed E-state index contributed by atoms with van der Waals surface area (Å²) < 4.78 is 4.77. The Labute approximate surface area is 71.3 Å². The number of hydrogen-bond donors (Lipinski definition) is 1. The first-order valence-corrected chi connectivity index (χ1v) is 4.15. The lowest BCUT2D eigenvalue weighted by atomic mass is 10.1. The van der Waals surface area contributed by atoms with Crippen LogP contribution in [-0.4, -0.2) is 24.0 Å². The molecule has 0 radical (unpaired) electrons. The molecule has 0 bridgehead atoms. The first kappa shape index (κ1) is 9.03. The molecule has 2 unspecified atom stereocenters. The average Bonchev–Trinajstić information content (AvgIpc) is 2.30. The van der Waals surface area contributed by atoms with Crippen molar-refractivity contribution in [3.8, 4) is 0 Å². The van der Waals surface area contributed by atoms with Crippen molar-refractivity contribution in [1.29, 1.82) is 0 Å². The van der Waals surface area contributed by atoms with Gasteiger partial charge in [0.1, 0.15) is 12.1 Å². The maximum absolute atomic E-state index is 11.3. The fourth-order valence-electron chi connectivity index (χ4n) is 1.26. The summed E-state index contributed by atoms with van der Waals surface area (Å²) in [6.45, 7) is 3.65. The van der Waals surface area contributed by atoms with Crippen molar-refractivity contribution >= 4 is 11.9 Å². The Bertz CT molecular complexity index is 202. The van der Waals surface area contributed by atoms with Gasteiger partial charge in [0.15, 0.2) is 5.78 Å². The Kier molecular flexibility index (Phi) is 2.68. The van der Waals surface area contributed by atoms with E-state index in [0.29, 0.717) is 6.42 Å². The Balaban J connectivity index is 2.52. The first-order valence-electron chi connectivity index (χ1n) is 4.15. The smallest absolute Gasteiger partial charge is 0.408 e. The van der Waals surface area contributed by atoms with Gasteiger partial charge in [-0.15, -0.1) is 0 Å². The lowest BCUT2D eigenvalue weighted by molar-refractivity contribution is -0.121. The monoisotopic (exact) mass is 171 g/mol. The number of cyclic esters (lactones) is 1. The minimum atomic E-state index is -0.489. The van der Waals surface area contributed by atoms with Gasteiger partial charge in [0.2, 0.25) is 0 Å². The molecule has 1 saturated heterocycles. The summed E-state index contributed by atoms with van der Waals surface area (Å²) in [4.78, 5) is 22.0. The number of alkyl carbamates (subject to hydrolysis) is 1. The van der Waals surface area contributed by atoms with E-state index in [0.717, 1.165) is 6.42 Å². The normalized spacial score (nSPS) is 28.0. The molecule has 68 valence electrons. The van der Waals surface area contributed by atoms with Crippen molar-refractivity contribution in [2.45, 2.75) is 38.8 Å². The highest BCUT2D eigenvalue weighted by Gasteiger charge is 2.34. The van der Waals surface area contributed by atoms with Crippen molar-refractivity contribution in [3.63, 3.8) is 0 Å². The van der Waals surface area contributed by atoms with Crippen LogP contribution in [0.5, 0.6) is 0 Å². The summed E-state index contributed by atoms with van der Waals surface area (Å²) in [5.41, 5.74) is 0. The van der Waals surface area contributed by atoms with Crippen LogP contribution in [0.4, 0.5) is 4.79 Å². The predicted molar refractivity (Wildman–Crippen MR) is 42.8 cm³/mol. The zero-order chi connectivity index (χ0) is 9.14. The highest BCUT2D eigenvalue weighted by Crippen LogP contribution is 2.10. The van der Waals surface area contributed by atoms with E-state index in [9.17, 15) is 9.59 Å². The van der Waals surface area contributed by atoms with Gasteiger partial charge in [0.05, 0.1) is 0 Å². The molecule has 4 heteroatoms. The van der Waals surface area contributed by atoms with Crippen LogP contribution in [-0.2, 0) is 9.53 Å². The van der Waals surface area contributed by atoms with Gasteiger partial charge in [-0.25, -0.2) is 4.79 Å². The molecular weight excluding hydrogens is 158 g/mol. The number of ether oxygens (including phenoxy) is 1. The second kappa shape index (κ2) is 3.56. The maximum atomic E-state index is 11.3. The minimum absolute atomic E-state index is 0.0517. The fraction of sp³-hybridized carbons (Fsp3) is 0.750. The van der Waals surface area contributed by atoms with Crippen LogP contribution in [0.15, 0.2) is 0 Å². The number of rotatable bonds is 3. The molecule has 12 heavy (non-hydrogen) atoms. The highest BCUT2D eigenvalue weighted by atomic mass is 16.6. The third-order valence-electron chi connectivity index (χ3n) is 1.88. The molecule has 1 aliphatic rings. The molecule has 0 aliphatic carbocycles. The molecule has 1 N–H and O–H groups in total. The summed E-state index contributed by atoms with van der Waals surface area (Å²) in [5, 5.41) is 2.48. The molecule has 0 saturated carbocycles. The fourth-order valence-corrected chi connectivity index (χ4v) is 1.26. The van der Waals surface area contributed by atoms with Crippen LogP contribution in [0.25, 0.3) is 0 Å². The largest absolute Gasteiger partial charge is 0.444 e. The van der Waals surface area contributed by atoms with E-state index in [-0.39, 0.29) is 11.9 Å². The van der Waals surface area contributed by atoms with Gasteiger partial charge in [-0.05, 0) is 13.3 Å². The van der Waals surface area contributed by atoms with Gasteiger partial charge < -0.3 is 10.1 Å². The lowest BCUT2D eigenvalue weighted by Gasteiger charge is -2.09. The lowest BCUT2D eigenvalue weighted by Crippen LogP contribution is -2.37. The van der Waals surface area contributed by atoms with Gasteiger partial charge >= 0.3 is 6.09 Å². The number of hydrogen-bond acceptors (Lipinski definition) is 3. The molecule has 1 rings (SSSR count). The zero-order valence-electron chi connectivity index (χ0n) is 7.29. The van der Waals surface area contributed by atoms with Crippen LogP contribution in [0.2, 0.25) is 0 Å². The molecule has 0 aromatic heterocycles. The van der Waals surface area contributed by atoms with Crippen molar-refractivity contribution < 1.29 is 14.3 Å². The zero-order valence-corrected chi connectivity index (χ0v) is 7.29. The molecule has 1 aliphatic heterocycles. The van der Waals surface area contributed by atoms with Gasteiger partial charge in [0.25, 0.3) is 0 Å². The van der Waals surface area contributed by atoms with Crippen molar-refractivity contribution in [3.05, 3.63) is 0 Å². The first-order chi connectivity index (χ1) is 5.65. The number of nitrogens with one attached hydrogen (secondary N) is 1. The molecule has 0 aromatic carbocycles. The second-order valence-corrected chi connectivity index (χ2v) is 2.95. The number of carbonyl (C=O) groups is 2. The summed E-state index contributed by atoms with van der Waals surface area (Å²) in [5.74, 6) is 0.0517. The summed E-state index contributed by atoms with van der Waals surface area (Å²) in [6.07, 6.45) is 0.491. The molecule has 1 fully saturated rings. The Hall–Kier alpha value is -1.06. The van der Waals surface area contributed by atoms with E-state index in [1.165, 1.54) is 0 Å². The van der Waals surface area contributed by atoms with Crippen LogP contribution < -0.4 is 5.32 Å².